The van der Waals surface area contributed by atoms with Crippen LogP contribution < -0.4 is 11.1 Å². The summed E-state index contributed by atoms with van der Waals surface area (Å²) in [5.74, 6) is -0.230. The van der Waals surface area contributed by atoms with Gasteiger partial charge in [-0.1, -0.05) is 17.7 Å². The van der Waals surface area contributed by atoms with Crippen LogP contribution in [0, 0.1) is 3.57 Å². The molecule has 2 aromatic rings. The fraction of sp³-hybridized carbons (Fsp3) is 0. The Balaban J connectivity index is 2.22. The maximum Gasteiger partial charge on any atom is 0.255 e. The van der Waals surface area contributed by atoms with Crippen LogP contribution >= 0.6 is 34.2 Å². The lowest BCUT2D eigenvalue weighted by molar-refractivity contribution is 0.102. The molecule has 0 atom stereocenters. The molecule has 0 radical (unpaired) electrons. The summed E-state index contributed by atoms with van der Waals surface area (Å²) in [6.07, 6.45) is 0. The van der Waals surface area contributed by atoms with Gasteiger partial charge in [0.2, 0.25) is 0 Å². The molecule has 5 heteroatoms. The van der Waals surface area contributed by atoms with E-state index in [9.17, 15) is 4.79 Å². The highest BCUT2D eigenvalue weighted by molar-refractivity contribution is 14.1. The minimum atomic E-state index is -0.230. The Morgan fingerprint density at radius 1 is 1.22 bits per heavy atom. The third-order valence-electron chi connectivity index (χ3n) is 2.26. The maximum absolute atomic E-state index is 12.0. The van der Waals surface area contributed by atoms with Crippen LogP contribution in [0.4, 0.5) is 11.4 Å². The monoisotopic (exact) mass is 372 g/mol. The van der Waals surface area contributed by atoms with Crippen LogP contribution in [0.1, 0.15) is 10.4 Å². The topological polar surface area (TPSA) is 55.1 Å². The zero-order chi connectivity index (χ0) is 13.1. The number of amides is 1. The molecule has 18 heavy (non-hydrogen) atoms. The van der Waals surface area contributed by atoms with Crippen molar-refractivity contribution >= 4 is 51.5 Å². The Hall–Kier alpha value is -1.27. The molecule has 0 spiro atoms. The highest BCUT2D eigenvalue weighted by Crippen LogP contribution is 2.18. The first-order valence-electron chi connectivity index (χ1n) is 5.17. The zero-order valence-electron chi connectivity index (χ0n) is 9.28. The molecule has 0 heterocycles. The van der Waals surface area contributed by atoms with Crippen LogP contribution in [-0.2, 0) is 0 Å². The molecule has 0 bridgehead atoms. The third-order valence-corrected chi connectivity index (χ3v) is 3.15. The van der Waals surface area contributed by atoms with Crippen molar-refractivity contribution in [1.82, 2.24) is 0 Å². The first-order chi connectivity index (χ1) is 8.54. The summed E-state index contributed by atoms with van der Waals surface area (Å²) in [4.78, 5) is 12.0. The number of halogens is 2. The SMILES string of the molecule is Nc1cc(Cl)cc(C(=O)Nc2cccc(I)c2)c1. The molecule has 0 fully saturated rings. The number of carbonyl (C=O) groups excluding carboxylic acids is 1. The lowest BCUT2D eigenvalue weighted by atomic mass is 10.2. The fourth-order valence-corrected chi connectivity index (χ4v) is 2.30. The van der Waals surface area contributed by atoms with E-state index in [1.54, 1.807) is 18.2 Å². The van der Waals surface area contributed by atoms with Crippen LogP contribution in [-0.4, -0.2) is 5.91 Å². The van der Waals surface area contributed by atoms with Gasteiger partial charge in [0.15, 0.2) is 0 Å². The number of rotatable bonds is 2. The quantitative estimate of drug-likeness (QED) is 0.623. The van der Waals surface area contributed by atoms with Gasteiger partial charge >= 0.3 is 0 Å². The molecule has 3 nitrogen and oxygen atoms in total. The van der Waals surface area contributed by atoms with E-state index in [0.29, 0.717) is 16.3 Å². The summed E-state index contributed by atoms with van der Waals surface area (Å²) >= 11 is 8.05. The van der Waals surface area contributed by atoms with Gasteiger partial charge in [-0.15, -0.1) is 0 Å². The van der Waals surface area contributed by atoms with Crippen molar-refractivity contribution in [2.45, 2.75) is 0 Å². The van der Waals surface area contributed by atoms with Crippen LogP contribution in [0.25, 0.3) is 0 Å². The molecule has 0 saturated carbocycles. The molecule has 0 aliphatic rings. The lowest BCUT2D eigenvalue weighted by Crippen LogP contribution is -2.12. The molecule has 2 rings (SSSR count). The van der Waals surface area contributed by atoms with E-state index in [0.717, 1.165) is 9.26 Å². The van der Waals surface area contributed by atoms with Crippen molar-refractivity contribution in [3.05, 3.63) is 56.6 Å². The summed E-state index contributed by atoms with van der Waals surface area (Å²) in [5.41, 5.74) is 7.30. The second kappa shape index (κ2) is 5.58. The second-order valence-electron chi connectivity index (χ2n) is 3.74. The normalized spacial score (nSPS) is 10.1. The van der Waals surface area contributed by atoms with Crippen molar-refractivity contribution in [2.75, 3.05) is 11.1 Å². The number of nitrogen functional groups attached to an aromatic ring is 1. The van der Waals surface area contributed by atoms with E-state index in [2.05, 4.69) is 27.9 Å². The minimum Gasteiger partial charge on any atom is -0.399 e. The van der Waals surface area contributed by atoms with E-state index in [1.807, 2.05) is 24.3 Å². The number of anilines is 2. The molecule has 0 saturated heterocycles. The molecular weight excluding hydrogens is 363 g/mol. The van der Waals surface area contributed by atoms with Gasteiger partial charge in [0, 0.05) is 25.5 Å². The number of hydrogen-bond donors (Lipinski definition) is 2. The molecule has 0 aliphatic heterocycles. The van der Waals surface area contributed by atoms with Gasteiger partial charge in [-0.05, 0) is 59.0 Å². The Morgan fingerprint density at radius 2 is 2.00 bits per heavy atom. The van der Waals surface area contributed by atoms with Crippen LogP contribution in [0.3, 0.4) is 0 Å². The molecule has 0 aromatic heterocycles. The largest absolute Gasteiger partial charge is 0.399 e. The van der Waals surface area contributed by atoms with Gasteiger partial charge in [0.05, 0.1) is 0 Å². The molecule has 92 valence electrons. The summed E-state index contributed by atoms with van der Waals surface area (Å²) in [6.45, 7) is 0. The fourth-order valence-electron chi connectivity index (χ4n) is 1.51. The van der Waals surface area contributed by atoms with Crippen molar-refractivity contribution in [3.8, 4) is 0 Å². The Bertz CT molecular complexity index is 581. The number of carbonyl (C=O) groups is 1. The minimum absolute atomic E-state index is 0.230. The summed E-state index contributed by atoms with van der Waals surface area (Å²) in [7, 11) is 0. The van der Waals surface area contributed by atoms with Crippen molar-refractivity contribution in [3.63, 3.8) is 0 Å². The van der Waals surface area contributed by atoms with E-state index >= 15 is 0 Å². The zero-order valence-corrected chi connectivity index (χ0v) is 12.2. The van der Waals surface area contributed by atoms with Crippen LogP contribution in [0.15, 0.2) is 42.5 Å². The summed E-state index contributed by atoms with van der Waals surface area (Å²) in [5, 5.41) is 3.24. The Kier molecular flexibility index (Phi) is 4.08. The second-order valence-corrected chi connectivity index (χ2v) is 5.42. The van der Waals surface area contributed by atoms with Gasteiger partial charge < -0.3 is 11.1 Å². The van der Waals surface area contributed by atoms with Crippen molar-refractivity contribution in [1.29, 1.82) is 0 Å². The van der Waals surface area contributed by atoms with Crippen LogP contribution in [0.2, 0.25) is 5.02 Å². The Morgan fingerprint density at radius 3 is 2.67 bits per heavy atom. The maximum atomic E-state index is 12.0. The average molecular weight is 373 g/mol. The third kappa shape index (κ3) is 3.36. The van der Waals surface area contributed by atoms with Gasteiger partial charge in [-0.25, -0.2) is 0 Å². The predicted molar refractivity (Wildman–Crippen MR) is 83.0 cm³/mol. The lowest BCUT2D eigenvalue weighted by Gasteiger charge is -2.06. The molecular formula is C13H10ClIN2O. The van der Waals surface area contributed by atoms with E-state index < -0.39 is 0 Å². The first-order valence-corrected chi connectivity index (χ1v) is 6.63. The van der Waals surface area contributed by atoms with E-state index in [-0.39, 0.29) is 5.91 Å². The van der Waals surface area contributed by atoms with Gasteiger partial charge in [-0.2, -0.15) is 0 Å². The number of hydrogen-bond acceptors (Lipinski definition) is 2. The van der Waals surface area contributed by atoms with E-state index in [4.69, 9.17) is 17.3 Å². The predicted octanol–water partition coefficient (Wildman–Crippen LogP) is 3.78. The standard InChI is InChI=1S/C13H10ClIN2O/c14-9-4-8(5-11(16)6-9)13(18)17-12-3-1-2-10(15)7-12/h1-7H,16H2,(H,17,18). The van der Waals surface area contributed by atoms with E-state index in [1.165, 1.54) is 0 Å². The van der Waals surface area contributed by atoms with Gasteiger partial charge in [0.25, 0.3) is 5.91 Å². The first kappa shape index (κ1) is 13.2. The Labute approximate surface area is 123 Å². The molecule has 1 amide bonds. The molecule has 0 aliphatic carbocycles. The number of benzene rings is 2. The number of nitrogens with two attached hydrogens (primary N) is 1. The highest BCUT2D eigenvalue weighted by atomic mass is 127. The average Bonchev–Trinajstić information content (AvgIpc) is 2.27. The van der Waals surface area contributed by atoms with Gasteiger partial charge in [-0.3, -0.25) is 4.79 Å². The van der Waals surface area contributed by atoms with Crippen molar-refractivity contribution in [2.24, 2.45) is 0 Å². The summed E-state index contributed by atoms with van der Waals surface area (Å²) < 4.78 is 1.05. The van der Waals surface area contributed by atoms with Gasteiger partial charge in [0.1, 0.15) is 0 Å². The van der Waals surface area contributed by atoms with Crippen molar-refractivity contribution < 1.29 is 4.79 Å². The highest BCUT2D eigenvalue weighted by Gasteiger charge is 2.08. The van der Waals surface area contributed by atoms with Crippen LogP contribution in [0.5, 0.6) is 0 Å². The number of nitrogens with one attached hydrogen (secondary N) is 1. The summed E-state index contributed by atoms with van der Waals surface area (Å²) in [6, 6.07) is 12.3. The molecule has 0 unspecified atom stereocenters. The molecule has 3 N–H and O–H groups in total. The molecule has 2 aromatic carbocycles. The smallest absolute Gasteiger partial charge is 0.255 e.